The molecular weight excluding hydrogens is 367 g/mol. The minimum Gasteiger partial charge on any atom is -0.316 e. The second-order valence-electron chi connectivity index (χ2n) is 5.74. The molecule has 0 aliphatic carbocycles. The topological polar surface area (TPSA) is 63.5 Å². The van der Waals surface area contributed by atoms with E-state index in [0.717, 1.165) is 17.0 Å². The van der Waals surface area contributed by atoms with Crippen molar-refractivity contribution in [1.82, 2.24) is 9.38 Å². The van der Waals surface area contributed by atoms with E-state index >= 15 is 0 Å². The molecule has 5 nitrogen and oxygen atoms in total. The Balaban J connectivity index is 2.09. The van der Waals surface area contributed by atoms with Crippen molar-refractivity contribution in [2.24, 2.45) is 0 Å². The number of nitrogens with one attached hydrogen (secondary N) is 1. The Kier molecular flexibility index (Phi) is 4.35. The van der Waals surface area contributed by atoms with Crippen LogP contribution >= 0.6 is 11.3 Å². The van der Waals surface area contributed by atoms with Crippen molar-refractivity contribution in [2.75, 3.05) is 5.32 Å². The number of anilines is 1. The van der Waals surface area contributed by atoms with Gasteiger partial charge in [0.15, 0.2) is 4.96 Å². The Morgan fingerprint density at radius 2 is 1.85 bits per heavy atom. The van der Waals surface area contributed by atoms with Gasteiger partial charge in [-0.2, -0.15) is 13.2 Å². The van der Waals surface area contributed by atoms with Crippen LogP contribution in [0.2, 0.25) is 0 Å². The Morgan fingerprint density at radius 1 is 1.19 bits per heavy atom. The third-order valence-electron chi connectivity index (χ3n) is 4.04. The molecule has 0 radical (unpaired) electrons. The molecule has 1 amide bonds. The van der Waals surface area contributed by atoms with Crippen LogP contribution in [0.3, 0.4) is 0 Å². The minimum atomic E-state index is -4.68. The summed E-state index contributed by atoms with van der Waals surface area (Å²) in [5, 5.41) is 2.31. The Bertz CT molecular complexity index is 1080. The molecule has 0 aliphatic heterocycles. The van der Waals surface area contributed by atoms with Crippen molar-refractivity contribution in [3.63, 3.8) is 0 Å². The molecule has 0 atom stereocenters. The van der Waals surface area contributed by atoms with Crippen LogP contribution in [0.5, 0.6) is 0 Å². The lowest BCUT2D eigenvalue weighted by Crippen LogP contribution is -2.26. The zero-order chi connectivity index (χ0) is 19.2. The van der Waals surface area contributed by atoms with Crippen molar-refractivity contribution in [2.45, 2.75) is 26.9 Å². The van der Waals surface area contributed by atoms with Gasteiger partial charge in [0.2, 0.25) is 0 Å². The van der Waals surface area contributed by atoms with Gasteiger partial charge < -0.3 is 5.32 Å². The van der Waals surface area contributed by atoms with Gasteiger partial charge in [0.1, 0.15) is 5.69 Å². The summed E-state index contributed by atoms with van der Waals surface area (Å²) in [6.07, 6.45) is -4.68. The first kappa shape index (κ1) is 18.1. The van der Waals surface area contributed by atoms with E-state index in [1.807, 2.05) is 6.92 Å². The number of fused-ring (bicyclic) bond motifs is 1. The summed E-state index contributed by atoms with van der Waals surface area (Å²) in [4.78, 5) is 30.8. The number of alkyl halides is 3. The number of hydrogen-bond acceptors (Lipinski definition) is 4. The van der Waals surface area contributed by atoms with Crippen LogP contribution in [0.1, 0.15) is 32.2 Å². The monoisotopic (exact) mass is 381 g/mol. The lowest BCUT2D eigenvalue weighted by atomic mass is 10.1. The molecule has 1 N–H and O–H groups in total. The summed E-state index contributed by atoms with van der Waals surface area (Å²) >= 11 is 1.33. The summed E-state index contributed by atoms with van der Waals surface area (Å²) in [6, 6.07) is 4.42. The molecule has 3 aromatic rings. The number of halogens is 3. The first-order chi connectivity index (χ1) is 12.1. The first-order valence-electron chi connectivity index (χ1n) is 7.58. The maximum absolute atomic E-state index is 13.1. The van der Waals surface area contributed by atoms with E-state index in [2.05, 4.69) is 10.3 Å². The van der Waals surface area contributed by atoms with Crippen LogP contribution in [0.15, 0.2) is 29.1 Å². The summed E-state index contributed by atoms with van der Waals surface area (Å²) in [7, 11) is 0. The van der Waals surface area contributed by atoms with Crippen molar-refractivity contribution in [1.29, 1.82) is 0 Å². The maximum atomic E-state index is 13.1. The molecule has 0 saturated carbocycles. The second-order valence-corrected chi connectivity index (χ2v) is 6.92. The number of rotatable bonds is 2. The molecule has 0 spiro atoms. The van der Waals surface area contributed by atoms with Gasteiger partial charge in [0, 0.05) is 10.6 Å². The number of nitrogens with zero attached hydrogens (tertiary/aromatic N) is 2. The van der Waals surface area contributed by atoms with Gasteiger partial charge in [0.05, 0.1) is 16.8 Å². The van der Waals surface area contributed by atoms with Crippen LogP contribution in [0, 0.1) is 20.8 Å². The molecule has 0 aliphatic rings. The minimum absolute atomic E-state index is 0.134. The normalized spacial score (nSPS) is 11.8. The standard InChI is InChI=1S/C17H14F3N3O2S/c1-8-13(15(25)23-9(2)10(3)26-16(23)21-8)22-14(24)11-6-4-5-7-12(11)17(18,19)20/h4-7H,1-3H3,(H,22,24). The summed E-state index contributed by atoms with van der Waals surface area (Å²) in [6.45, 7) is 5.10. The highest BCUT2D eigenvalue weighted by Crippen LogP contribution is 2.32. The molecule has 26 heavy (non-hydrogen) atoms. The van der Waals surface area contributed by atoms with Crippen molar-refractivity contribution < 1.29 is 18.0 Å². The molecule has 2 aromatic heterocycles. The first-order valence-corrected chi connectivity index (χ1v) is 8.40. The lowest BCUT2D eigenvalue weighted by Gasteiger charge is -2.13. The number of thiazole rings is 1. The van der Waals surface area contributed by atoms with Gasteiger partial charge >= 0.3 is 6.18 Å². The quantitative estimate of drug-likeness (QED) is 0.731. The molecule has 3 rings (SSSR count). The van der Waals surface area contributed by atoms with Gasteiger partial charge in [-0.1, -0.05) is 12.1 Å². The number of carbonyl (C=O) groups excluding carboxylic acids is 1. The van der Waals surface area contributed by atoms with Gasteiger partial charge in [-0.25, -0.2) is 4.98 Å². The Hall–Kier alpha value is -2.68. The highest BCUT2D eigenvalue weighted by atomic mass is 32.1. The van der Waals surface area contributed by atoms with Crippen molar-refractivity contribution in [3.8, 4) is 0 Å². The number of aryl methyl sites for hydroxylation is 3. The molecule has 0 saturated heterocycles. The third-order valence-corrected chi connectivity index (χ3v) is 5.10. The molecule has 2 heterocycles. The third kappa shape index (κ3) is 2.98. The molecule has 136 valence electrons. The zero-order valence-electron chi connectivity index (χ0n) is 14.1. The summed E-state index contributed by atoms with van der Waals surface area (Å²) in [5.74, 6) is -1.01. The molecule has 0 fully saturated rings. The highest BCUT2D eigenvalue weighted by Gasteiger charge is 2.35. The number of carbonyl (C=O) groups is 1. The van der Waals surface area contributed by atoms with Crippen LogP contribution in [-0.4, -0.2) is 15.3 Å². The van der Waals surface area contributed by atoms with Gasteiger partial charge in [-0.15, -0.1) is 11.3 Å². The fraction of sp³-hybridized carbons (Fsp3) is 0.235. The number of hydrogen-bond donors (Lipinski definition) is 1. The molecule has 0 bridgehead atoms. The fourth-order valence-electron chi connectivity index (χ4n) is 2.59. The fourth-order valence-corrected chi connectivity index (χ4v) is 3.59. The van der Waals surface area contributed by atoms with Crippen molar-refractivity contribution in [3.05, 3.63) is 62.0 Å². The predicted molar refractivity (Wildman–Crippen MR) is 92.9 cm³/mol. The van der Waals surface area contributed by atoms with E-state index in [0.29, 0.717) is 10.7 Å². The average molecular weight is 381 g/mol. The SMILES string of the molecule is Cc1nc2sc(C)c(C)n2c(=O)c1NC(=O)c1ccccc1C(F)(F)F. The second kappa shape index (κ2) is 6.24. The molecular formula is C17H14F3N3O2S. The Morgan fingerprint density at radius 3 is 2.50 bits per heavy atom. The van der Waals surface area contributed by atoms with Crippen molar-refractivity contribution >= 4 is 27.9 Å². The highest BCUT2D eigenvalue weighted by molar-refractivity contribution is 7.17. The van der Waals surface area contributed by atoms with E-state index in [9.17, 15) is 22.8 Å². The van der Waals surface area contributed by atoms with Gasteiger partial charge in [-0.3, -0.25) is 14.0 Å². The van der Waals surface area contributed by atoms with E-state index in [-0.39, 0.29) is 11.4 Å². The number of benzene rings is 1. The molecule has 9 heteroatoms. The number of aromatic nitrogens is 2. The van der Waals surface area contributed by atoms with Crippen LogP contribution in [0.4, 0.5) is 18.9 Å². The number of amides is 1. The Labute approximate surface area is 150 Å². The summed E-state index contributed by atoms with van der Waals surface area (Å²) < 4.78 is 40.7. The average Bonchev–Trinajstić information content (AvgIpc) is 2.84. The molecule has 1 aromatic carbocycles. The van der Waals surface area contributed by atoms with E-state index < -0.39 is 28.8 Å². The predicted octanol–water partition coefficient (Wildman–Crippen LogP) is 3.95. The largest absolute Gasteiger partial charge is 0.417 e. The van der Waals surface area contributed by atoms with Gasteiger partial charge in [0.25, 0.3) is 11.5 Å². The maximum Gasteiger partial charge on any atom is 0.417 e. The lowest BCUT2D eigenvalue weighted by molar-refractivity contribution is -0.137. The van der Waals surface area contributed by atoms with E-state index in [1.165, 1.54) is 34.8 Å². The smallest absolute Gasteiger partial charge is 0.316 e. The summed E-state index contributed by atoms with van der Waals surface area (Å²) in [5.41, 5.74) is -1.35. The van der Waals surface area contributed by atoms with E-state index in [4.69, 9.17) is 0 Å². The van der Waals surface area contributed by atoms with Crippen LogP contribution in [-0.2, 0) is 6.18 Å². The van der Waals surface area contributed by atoms with Gasteiger partial charge in [-0.05, 0) is 32.9 Å². The molecule has 0 unspecified atom stereocenters. The van der Waals surface area contributed by atoms with E-state index in [1.54, 1.807) is 6.92 Å². The van der Waals surface area contributed by atoms with Crippen LogP contribution < -0.4 is 10.9 Å². The van der Waals surface area contributed by atoms with Crippen LogP contribution in [0.25, 0.3) is 4.96 Å². The zero-order valence-corrected chi connectivity index (χ0v) is 14.9.